The van der Waals surface area contributed by atoms with Gasteiger partial charge in [0.05, 0.1) is 7.11 Å². The topological polar surface area (TPSA) is 67.4 Å². The van der Waals surface area contributed by atoms with E-state index in [0.29, 0.717) is 12.3 Å². The summed E-state index contributed by atoms with van der Waals surface area (Å²) in [5.74, 6) is -0.0540. The van der Waals surface area contributed by atoms with Gasteiger partial charge in [0.1, 0.15) is 11.4 Å². The summed E-state index contributed by atoms with van der Waals surface area (Å²) in [6, 6.07) is 26.3. The van der Waals surface area contributed by atoms with Gasteiger partial charge in [0.25, 0.3) is 5.91 Å². The van der Waals surface area contributed by atoms with Crippen LogP contribution in [0.2, 0.25) is 0 Å². The number of benzene rings is 3. The largest absolute Gasteiger partial charge is 0.497 e. The van der Waals surface area contributed by atoms with E-state index in [-0.39, 0.29) is 11.6 Å². The second-order valence-electron chi connectivity index (χ2n) is 6.73. The molecule has 31 heavy (non-hydrogen) atoms. The molecule has 5 heteroatoms. The lowest BCUT2D eigenvalue weighted by Crippen LogP contribution is -2.33. The highest BCUT2D eigenvalue weighted by molar-refractivity contribution is 6.04. The number of hydrogen-bond donors (Lipinski definition) is 2. The van der Waals surface area contributed by atoms with Crippen LogP contribution in [-0.4, -0.2) is 18.9 Å². The molecule has 3 rings (SSSR count). The van der Waals surface area contributed by atoms with Crippen LogP contribution in [0.5, 0.6) is 5.75 Å². The van der Waals surface area contributed by atoms with E-state index >= 15 is 0 Å². The number of ether oxygens (including phenoxy) is 1. The maximum Gasteiger partial charge on any atom is 0.268 e. The van der Waals surface area contributed by atoms with Gasteiger partial charge >= 0.3 is 0 Å². The Morgan fingerprint density at radius 3 is 2.13 bits per heavy atom. The van der Waals surface area contributed by atoms with Crippen molar-refractivity contribution in [1.82, 2.24) is 10.6 Å². The van der Waals surface area contributed by atoms with E-state index < -0.39 is 5.91 Å². The highest BCUT2D eigenvalue weighted by Gasteiger charge is 2.12. The molecule has 0 fully saturated rings. The zero-order chi connectivity index (χ0) is 21.9. The van der Waals surface area contributed by atoms with Crippen molar-refractivity contribution in [1.29, 1.82) is 0 Å². The smallest absolute Gasteiger partial charge is 0.268 e. The van der Waals surface area contributed by atoms with E-state index in [9.17, 15) is 9.59 Å². The van der Waals surface area contributed by atoms with E-state index in [1.54, 1.807) is 31.4 Å². The van der Waals surface area contributed by atoms with E-state index in [0.717, 1.165) is 16.7 Å². The van der Waals surface area contributed by atoms with E-state index in [4.69, 9.17) is 4.74 Å². The second kappa shape index (κ2) is 11.2. The van der Waals surface area contributed by atoms with Gasteiger partial charge in [-0.05, 0) is 41.0 Å². The summed E-state index contributed by atoms with van der Waals surface area (Å²) in [7, 11) is 1.59. The maximum absolute atomic E-state index is 12.8. The molecule has 0 aromatic heterocycles. The van der Waals surface area contributed by atoms with Crippen LogP contribution in [0.25, 0.3) is 12.2 Å². The van der Waals surface area contributed by atoms with Crippen molar-refractivity contribution >= 4 is 24.0 Å². The molecule has 3 aromatic rings. The molecule has 0 unspecified atom stereocenters. The van der Waals surface area contributed by atoms with Crippen molar-refractivity contribution in [2.75, 3.05) is 7.11 Å². The second-order valence-corrected chi connectivity index (χ2v) is 6.73. The number of carbonyl (C=O) groups excluding carboxylic acids is 2. The third-order valence-corrected chi connectivity index (χ3v) is 4.45. The highest BCUT2D eigenvalue weighted by atomic mass is 16.5. The number of rotatable bonds is 8. The van der Waals surface area contributed by atoms with Crippen molar-refractivity contribution in [3.8, 4) is 5.75 Å². The molecule has 3 aromatic carbocycles. The molecule has 0 aliphatic heterocycles. The Kier molecular flexibility index (Phi) is 7.77. The molecule has 2 amide bonds. The van der Waals surface area contributed by atoms with Gasteiger partial charge in [-0.15, -0.1) is 0 Å². The van der Waals surface area contributed by atoms with Crippen LogP contribution in [-0.2, 0) is 16.1 Å². The third-order valence-electron chi connectivity index (χ3n) is 4.45. The first-order chi connectivity index (χ1) is 15.1. The lowest BCUT2D eigenvalue weighted by atomic mass is 10.1. The average Bonchev–Trinajstić information content (AvgIpc) is 2.82. The Balaban J connectivity index is 1.75. The lowest BCUT2D eigenvalue weighted by Gasteiger charge is -2.10. The monoisotopic (exact) mass is 412 g/mol. The molecule has 0 radical (unpaired) electrons. The molecule has 0 saturated carbocycles. The number of nitrogens with one attached hydrogen (secondary N) is 2. The third kappa shape index (κ3) is 7.01. The minimum Gasteiger partial charge on any atom is -0.497 e. The Morgan fingerprint density at radius 1 is 0.839 bits per heavy atom. The van der Waals surface area contributed by atoms with Gasteiger partial charge < -0.3 is 15.4 Å². The molecule has 156 valence electrons. The fourth-order valence-electron chi connectivity index (χ4n) is 2.81. The van der Waals surface area contributed by atoms with Crippen molar-refractivity contribution in [2.45, 2.75) is 6.54 Å². The number of methoxy groups -OCH3 is 1. The van der Waals surface area contributed by atoms with Crippen LogP contribution >= 0.6 is 0 Å². The molecule has 0 atom stereocenters. The molecule has 0 aliphatic rings. The van der Waals surface area contributed by atoms with Crippen molar-refractivity contribution in [3.63, 3.8) is 0 Å². The highest BCUT2D eigenvalue weighted by Crippen LogP contribution is 2.14. The molecule has 5 nitrogen and oxygen atoms in total. The predicted molar refractivity (Wildman–Crippen MR) is 123 cm³/mol. The van der Waals surface area contributed by atoms with Gasteiger partial charge in [0.2, 0.25) is 5.91 Å². The zero-order valence-corrected chi connectivity index (χ0v) is 17.2. The van der Waals surface area contributed by atoms with Crippen LogP contribution in [0.3, 0.4) is 0 Å². The molecule has 0 spiro atoms. The lowest BCUT2D eigenvalue weighted by molar-refractivity contribution is -0.121. The standard InChI is InChI=1S/C26H24N2O3/c1-31-23-15-12-21(13-16-23)18-24(26(30)27-19-22-10-6-3-7-11-22)28-25(29)17-14-20-8-4-2-5-9-20/h2-18H,19H2,1H3,(H,27,30)(H,28,29)/b17-14+,24-18-. The van der Waals surface area contributed by atoms with Gasteiger partial charge in [-0.1, -0.05) is 72.8 Å². The maximum atomic E-state index is 12.8. The molecule has 2 N–H and O–H groups in total. The Labute approximate surface area is 182 Å². The molecule has 0 saturated heterocycles. The van der Waals surface area contributed by atoms with E-state index in [2.05, 4.69) is 10.6 Å². The first-order valence-corrected chi connectivity index (χ1v) is 9.86. The quantitative estimate of drug-likeness (QED) is 0.546. The van der Waals surface area contributed by atoms with Crippen LogP contribution in [0.1, 0.15) is 16.7 Å². The van der Waals surface area contributed by atoms with Crippen molar-refractivity contribution in [2.24, 2.45) is 0 Å². The van der Waals surface area contributed by atoms with Gasteiger partial charge in [-0.2, -0.15) is 0 Å². The number of hydrogen-bond acceptors (Lipinski definition) is 3. The SMILES string of the molecule is COc1ccc(/C=C(\NC(=O)/C=C/c2ccccc2)C(=O)NCc2ccccc2)cc1. The van der Waals surface area contributed by atoms with Crippen LogP contribution in [0.15, 0.2) is 96.7 Å². The first kappa shape index (κ1) is 21.6. The van der Waals surface area contributed by atoms with Crippen LogP contribution in [0, 0.1) is 0 Å². The summed E-state index contributed by atoms with van der Waals surface area (Å²) >= 11 is 0. The van der Waals surface area contributed by atoms with Gasteiger partial charge in [0, 0.05) is 12.6 Å². The summed E-state index contributed by atoms with van der Waals surface area (Å²) in [6.45, 7) is 0.356. The minimum absolute atomic E-state index is 0.156. The predicted octanol–water partition coefficient (Wildman–Crippen LogP) is 4.18. The molecular weight excluding hydrogens is 388 g/mol. The molecule has 0 bridgehead atoms. The first-order valence-electron chi connectivity index (χ1n) is 9.86. The molecular formula is C26H24N2O3. The summed E-state index contributed by atoms with van der Waals surface area (Å²) in [6.07, 6.45) is 4.73. The Morgan fingerprint density at radius 2 is 1.48 bits per heavy atom. The summed E-state index contributed by atoms with van der Waals surface area (Å²) in [4.78, 5) is 25.3. The Bertz CT molecular complexity index is 1060. The number of amides is 2. The minimum atomic E-state index is -0.390. The summed E-state index contributed by atoms with van der Waals surface area (Å²) in [5.41, 5.74) is 2.78. The van der Waals surface area contributed by atoms with Crippen molar-refractivity contribution in [3.05, 3.63) is 113 Å². The fraction of sp³-hybridized carbons (Fsp3) is 0.0769. The van der Waals surface area contributed by atoms with Crippen LogP contribution < -0.4 is 15.4 Å². The molecule has 0 aliphatic carbocycles. The van der Waals surface area contributed by atoms with Gasteiger partial charge in [-0.25, -0.2) is 0 Å². The Hall–Kier alpha value is -4.12. The van der Waals surface area contributed by atoms with Crippen LogP contribution in [0.4, 0.5) is 0 Å². The van der Waals surface area contributed by atoms with Gasteiger partial charge in [0.15, 0.2) is 0 Å². The zero-order valence-electron chi connectivity index (χ0n) is 17.2. The van der Waals surface area contributed by atoms with Crippen molar-refractivity contribution < 1.29 is 14.3 Å². The fourth-order valence-corrected chi connectivity index (χ4v) is 2.81. The normalized spacial score (nSPS) is 11.2. The van der Waals surface area contributed by atoms with E-state index in [1.807, 2.05) is 72.8 Å². The number of carbonyl (C=O) groups is 2. The molecule has 0 heterocycles. The average molecular weight is 412 g/mol. The van der Waals surface area contributed by atoms with E-state index in [1.165, 1.54) is 6.08 Å². The van der Waals surface area contributed by atoms with Gasteiger partial charge in [-0.3, -0.25) is 9.59 Å². The summed E-state index contributed by atoms with van der Waals surface area (Å²) in [5, 5.41) is 5.54. The summed E-state index contributed by atoms with van der Waals surface area (Å²) < 4.78 is 5.17.